The third-order valence-electron chi connectivity index (χ3n) is 14.8. The molecule has 8 aromatic carbocycles. The molecule has 0 aromatic heterocycles. The molecule has 0 saturated carbocycles. The molecule has 2 nitrogen and oxygen atoms in total. The molecule has 0 N–H and O–H groups in total. The van der Waals surface area contributed by atoms with Crippen molar-refractivity contribution in [2.24, 2.45) is 0 Å². The number of hydrogen-bond acceptors (Lipinski definition) is 2. The Kier molecular flexibility index (Phi) is 15.7. The Bertz CT molecular complexity index is 2660. The zero-order chi connectivity index (χ0) is 47.4. The molecule has 346 valence electrons. The largest absolute Gasteiger partial charge is 0.311 e. The van der Waals surface area contributed by atoms with Crippen LogP contribution in [0.5, 0.6) is 0 Å². The van der Waals surface area contributed by atoms with E-state index in [4.69, 9.17) is 0 Å². The zero-order valence-electron chi connectivity index (χ0n) is 41.8. The molecule has 0 saturated heterocycles. The average molecular weight is 901 g/mol. The number of hydrogen-bond donors (Lipinski definition) is 0. The highest BCUT2D eigenvalue weighted by molar-refractivity contribution is 6.32. The van der Waals surface area contributed by atoms with Gasteiger partial charge in [-0.15, -0.1) is 0 Å². The van der Waals surface area contributed by atoms with Crippen molar-refractivity contribution in [2.45, 2.75) is 109 Å². The molecule has 4 heteroatoms. The standard InChI is InChI=1S/C65H70B2N2/c1-3-5-7-9-11-19-45-65(46-20-12-10-8-6-4-2)63-47-51(49-25-35-57(36-26-49)68(55-21-15-13-16-22-55)59-39-31-53(66)32-40-59)29-43-61(63)62-44-30-52(48-64(62)65)50-27-37-58(38-28-50)69(56-23-17-14-18-24-56)60-41-33-54(67)34-42-60/h13-18,21-44,47-48H,3-12,19-20,45-46,66-67H2,1-2H3. The Hall–Kier alpha value is -6.51. The fourth-order valence-electron chi connectivity index (χ4n) is 11.0. The summed E-state index contributed by atoms with van der Waals surface area (Å²) in [6.45, 7) is 4.65. The van der Waals surface area contributed by atoms with Crippen molar-refractivity contribution in [2.75, 3.05) is 9.80 Å². The number of benzene rings is 8. The third-order valence-corrected chi connectivity index (χ3v) is 14.8. The number of fused-ring (bicyclic) bond motifs is 3. The number of unbranched alkanes of at least 4 members (excludes halogenated alkanes) is 10. The van der Waals surface area contributed by atoms with Crippen LogP contribution in [0.3, 0.4) is 0 Å². The summed E-state index contributed by atoms with van der Waals surface area (Å²) in [5, 5.41) is 0. The van der Waals surface area contributed by atoms with Gasteiger partial charge in [0.25, 0.3) is 0 Å². The topological polar surface area (TPSA) is 6.48 Å². The fraction of sp³-hybridized carbons (Fsp3) is 0.262. The molecule has 0 unspecified atom stereocenters. The van der Waals surface area contributed by atoms with E-state index in [1.165, 1.54) is 145 Å². The summed E-state index contributed by atoms with van der Waals surface area (Å²) >= 11 is 0. The first-order valence-corrected chi connectivity index (χ1v) is 26.3. The summed E-state index contributed by atoms with van der Waals surface area (Å²) < 4.78 is 0. The Morgan fingerprint density at radius 2 is 0.623 bits per heavy atom. The lowest BCUT2D eigenvalue weighted by Crippen LogP contribution is -2.25. The second-order valence-corrected chi connectivity index (χ2v) is 19.7. The van der Waals surface area contributed by atoms with Gasteiger partial charge in [-0.3, -0.25) is 0 Å². The van der Waals surface area contributed by atoms with Crippen molar-refractivity contribution < 1.29 is 0 Å². The smallest absolute Gasteiger partial charge is 0.139 e. The minimum atomic E-state index is -0.0445. The molecule has 1 aliphatic rings. The monoisotopic (exact) mass is 901 g/mol. The van der Waals surface area contributed by atoms with Gasteiger partial charge in [-0.05, 0) is 142 Å². The maximum Gasteiger partial charge on any atom is 0.139 e. The number of rotatable bonds is 22. The summed E-state index contributed by atoms with van der Waals surface area (Å²) in [6.07, 6.45) is 18.0. The molecule has 0 spiro atoms. The third kappa shape index (κ3) is 10.9. The molecule has 0 aliphatic heterocycles. The van der Waals surface area contributed by atoms with E-state index in [1.807, 2.05) is 0 Å². The Labute approximate surface area is 416 Å². The van der Waals surface area contributed by atoms with E-state index >= 15 is 0 Å². The lowest BCUT2D eigenvalue weighted by molar-refractivity contribution is 0.398. The normalized spacial score (nSPS) is 12.4. The van der Waals surface area contributed by atoms with Crippen LogP contribution in [-0.2, 0) is 5.41 Å². The number of para-hydroxylation sites is 2. The molecule has 0 atom stereocenters. The summed E-state index contributed by atoms with van der Waals surface area (Å²) in [5.41, 5.74) is 20.5. The van der Waals surface area contributed by atoms with Crippen molar-refractivity contribution in [3.05, 3.63) is 205 Å². The Morgan fingerprint density at radius 3 is 0.986 bits per heavy atom. The van der Waals surface area contributed by atoms with Gasteiger partial charge in [0.15, 0.2) is 0 Å². The van der Waals surface area contributed by atoms with Gasteiger partial charge in [-0.1, -0.05) is 211 Å². The molecule has 0 heterocycles. The van der Waals surface area contributed by atoms with Crippen LogP contribution in [0.4, 0.5) is 34.1 Å². The predicted molar refractivity (Wildman–Crippen MR) is 305 cm³/mol. The van der Waals surface area contributed by atoms with Crippen molar-refractivity contribution >= 4 is 60.7 Å². The lowest BCUT2D eigenvalue weighted by atomic mass is 9.70. The molecular formula is C65H70B2N2. The van der Waals surface area contributed by atoms with Crippen LogP contribution in [0.1, 0.15) is 115 Å². The minimum absolute atomic E-state index is 0.0445. The second kappa shape index (κ2) is 22.7. The Balaban J connectivity index is 1.09. The molecule has 0 amide bonds. The van der Waals surface area contributed by atoms with Crippen molar-refractivity contribution in [1.82, 2.24) is 0 Å². The van der Waals surface area contributed by atoms with Crippen molar-refractivity contribution in [3.63, 3.8) is 0 Å². The highest BCUT2D eigenvalue weighted by atomic mass is 15.1. The molecule has 0 radical (unpaired) electrons. The summed E-state index contributed by atoms with van der Waals surface area (Å²) in [6, 6.07) is 72.7. The van der Waals surface area contributed by atoms with Crippen molar-refractivity contribution in [1.29, 1.82) is 0 Å². The van der Waals surface area contributed by atoms with E-state index in [0.717, 1.165) is 34.1 Å². The summed E-state index contributed by atoms with van der Waals surface area (Å²) in [7, 11) is 4.31. The van der Waals surface area contributed by atoms with E-state index in [2.05, 4.69) is 233 Å². The van der Waals surface area contributed by atoms with Gasteiger partial charge < -0.3 is 9.80 Å². The highest BCUT2D eigenvalue weighted by Gasteiger charge is 2.42. The van der Waals surface area contributed by atoms with E-state index in [0.29, 0.717) is 0 Å². The molecular weight excluding hydrogens is 830 g/mol. The predicted octanol–water partition coefficient (Wildman–Crippen LogP) is 16.2. The van der Waals surface area contributed by atoms with Crippen LogP contribution in [0.25, 0.3) is 33.4 Å². The first kappa shape index (κ1) is 47.6. The quantitative estimate of drug-likeness (QED) is 0.0494. The van der Waals surface area contributed by atoms with Gasteiger partial charge in [0, 0.05) is 39.5 Å². The van der Waals surface area contributed by atoms with Gasteiger partial charge in [0.05, 0.1) is 0 Å². The van der Waals surface area contributed by atoms with Gasteiger partial charge in [0.2, 0.25) is 0 Å². The maximum atomic E-state index is 2.60. The first-order valence-electron chi connectivity index (χ1n) is 26.3. The average Bonchev–Trinajstić information content (AvgIpc) is 3.66. The summed E-state index contributed by atoms with van der Waals surface area (Å²) in [4.78, 5) is 4.73. The SMILES string of the molecule is Bc1ccc(N(c2ccccc2)c2ccc(-c3ccc4c(c3)C(CCCCCCCC)(CCCCCCCC)c3cc(-c5ccc(N(c6ccccc6)c6ccc(B)cc6)cc5)ccc3-4)cc2)cc1. The van der Waals surface area contributed by atoms with Crippen LogP contribution in [0.15, 0.2) is 194 Å². The Morgan fingerprint density at radius 1 is 0.319 bits per heavy atom. The van der Waals surface area contributed by atoms with Crippen molar-refractivity contribution in [3.8, 4) is 33.4 Å². The van der Waals surface area contributed by atoms with E-state index in [-0.39, 0.29) is 5.41 Å². The van der Waals surface area contributed by atoms with Crippen LogP contribution in [0.2, 0.25) is 0 Å². The van der Waals surface area contributed by atoms with Crippen LogP contribution < -0.4 is 20.7 Å². The minimum Gasteiger partial charge on any atom is -0.311 e. The molecule has 0 bridgehead atoms. The molecule has 0 fully saturated rings. The highest BCUT2D eigenvalue weighted by Crippen LogP contribution is 2.56. The molecule has 9 rings (SSSR count). The maximum absolute atomic E-state index is 2.60. The molecule has 8 aromatic rings. The zero-order valence-corrected chi connectivity index (χ0v) is 41.8. The van der Waals surface area contributed by atoms with Gasteiger partial charge in [0.1, 0.15) is 15.7 Å². The molecule has 69 heavy (non-hydrogen) atoms. The van der Waals surface area contributed by atoms with Crippen LogP contribution >= 0.6 is 0 Å². The van der Waals surface area contributed by atoms with E-state index in [1.54, 1.807) is 0 Å². The number of nitrogens with zero attached hydrogens (tertiary/aromatic N) is 2. The lowest BCUT2D eigenvalue weighted by Gasteiger charge is -2.33. The van der Waals surface area contributed by atoms with Gasteiger partial charge >= 0.3 is 0 Å². The van der Waals surface area contributed by atoms with E-state index in [9.17, 15) is 0 Å². The van der Waals surface area contributed by atoms with Crippen LogP contribution in [0, 0.1) is 0 Å². The second-order valence-electron chi connectivity index (χ2n) is 19.7. The first-order chi connectivity index (χ1) is 34.0. The van der Waals surface area contributed by atoms with Gasteiger partial charge in [-0.25, -0.2) is 0 Å². The summed E-state index contributed by atoms with van der Waals surface area (Å²) in [5.74, 6) is 0. The molecule has 1 aliphatic carbocycles. The van der Waals surface area contributed by atoms with Gasteiger partial charge in [-0.2, -0.15) is 0 Å². The fourth-order valence-corrected chi connectivity index (χ4v) is 11.0. The number of anilines is 6. The van der Waals surface area contributed by atoms with Crippen LogP contribution in [-0.4, -0.2) is 15.7 Å². The van der Waals surface area contributed by atoms with E-state index < -0.39 is 0 Å².